The largest absolute Gasteiger partial charge is 0.350 e. The van der Waals surface area contributed by atoms with Crippen molar-refractivity contribution in [2.24, 2.45) is 0 Å². The molecule has 0 unspecified atom stereocenters. The monoisotopic (exact) mass is 422 g/mol. The summed E-state index contributed by atoms with van der Waals surface area (Å²) < 4.78 is 41.2. The predicted molar refractivity (Wildman–Crippen MR) is 112 cm³/mol. The Hall–Kier alpha value is -3.87. The third-order valence-electron chi connectivity index (χ3n) is 5.23. The van der Waals surface area contributed by atoms with E-state index in [1.165, 1.54) is 12.1 Å². The van der Waals surface area contributed by atoms with Gasteiger partial charge in [0, 0.05) is 11.8 Å². The molecule has 1 heterocycles. The van der Waals surface area contributed by atoms with E-state index in [2.05, 4.69) is 5.32 Å². The number of hydrogen-bond acceptors (Lipinski definition) is 3. The minimum Gasteiger partial charge on any atom is -0.350 e. The number of anilines is 2. The van der Waals surface area contributed by atoms with Crippen LogP contribution in [-0.4, -0.2) is 11.8 Å². The molecule has 0 bridgehead atoms. The Morgan fingerprint density at radius 3 is 2.16 bits per heavy atom. The van der Waals surface area contributed by atoms with Crippen molar-refractivity contribution in [2.45, 2.75) is 13.8 Å². The van der Waals surface area contributed by atoms with E-state index in [1.54, 1.807) is 12.1 Å². The molecule has 0 fully saturated rings. The Labute approximate surface area is 176 Å². The van der Waals surface area contributed by atoms with Crippen molar-refractivity contribution in [1.82, 2.24) is 0 Å². The van der Waals surface area contributed by atoms with Gasteiger partial charge in [-0.05, 0) is 60.9 Å². The molecule has 0 spiro atoms. The molecule has 0 aliphatic carbocycles. The van der Waals surface area contributed by atoms with Gasteiger partial charge in [0.15, 0.2) is 0 Å². The van der Waals surface area contributed by atoms with Crippen LogP contribution in [0.3, 0.4) is 0 Å². The van der Waals surface area contributed by atoms with Crippen LogP contribution >= 0.6 is 0 Å². The van der Waals surface area contributed by atoms with Crippen molar-refractivity contribution in [3.8, 4) is 0 Å². The molecule has 7 heteroatoms. The summed E-state index contributed by atoms with van der Waals surface area (Å²) in [7, 11) is 0. The van der Waals surface area contributed by atoms with Crippen LogP contribution < -0.4 is 10.2 Å². The average Bonchev–Trinajstić information content (AvgIpc) is 2.96. The minimum absolute atomic E-state index is 0.0327. The number of nitrogens with one attached hydrogen (secondary N) is 1. The summed E-state index contributed by atoms with van der Waals surface area (Å²) in [5, 5.41) is 3.00. The van der Waals surface area contributed by atoms with Gasteiger partial charge in [-0.2, -0.15) is 0 Å². The Balaban J connectivity index is 1.87. The van der Waals surface area contributed by atoms with E-state index >= 15 is 0 Å². The van der Waals surface area contributed by atoms with Gasteiger partial charge in [-0.3, -0.25) is 9.59 Å². The average molecular weight is 422 g/mol. The van der Waals surface area contributed by atoms with Crippen LogP contribution in [0.5, 0.6) is 0 Å². The number of carbonyl (C=O) groups is 2. The van der Waals surface area contributed by atoms with E-state index in [0.29, 0.717) is 16.7 Å². The normalized spacial score (nSPS) is 13.9. The third kappa shape index (κ3) is 3.59. The van der Waals surface area contributed by atoms with Crippen molar-refractivity contribution in [2.75, 3.05) is 10.2 Å². The van der Waals surface area contributed by atoms with Crippen molar-refractivity contribution >= 4 is 28.8 Å². The van der Waals surface area contributed by atoms with Gasteiger partial charge >= 0.3 is 0 Å². The van der Waals surface area contributed by atoms with Crippen LogP contribution in [-0.2, 0) is 9.59 Å². The maximum absolute atomic E-state index is 14.4. The fourth-order valence-electron chi connectivity index (χ4n) is 3.43. The lowest BCUT2D eigenvalue weighted by Gasteiger charge is -2.16. The standard InChI is InChI=1S/C24H17F3N2O2/c1-13-4-3-5-19(14(13)2)28-22-21(15-6-8-16(25)9-7-15)23(30)29(24(22)31)20-11-10-17(26)12-18(20)27/h3-12,28H,1-2H3. The molecule has 156 valence electrons. The minimum atomic E-state index is -1.05. The Kier molecular flexibility index (Phi) is 5.10. The van der Waals surface area contributed by atoms with E-state index in [9.17, 15) is 22.8 Å². The van der Waals surface area contributed by atoms with Crippen LogP contribution in [0.1, 0.15) is 16.7 Å². The highest BCUT2D eigenvalue weighted by atomic mass is 19.1. The van der Waals surface area contributed by atoms with Gasteiger partial charge in [-0.15, -0.1) is 0 Å². The molecular weight excluding hydrogens is 405 g/mol. The number of rotatable bonds is 4. The lowest BCUT2D eigenvalue weighted by atomic mass is 10.0. The molecule has 2 amide bonds. The van der Waals surface area contributed by atoms with E-state index in [-0.39, 0.29) is 22.5 Å². The molecule has 0 saturated carbocycles. The highest BCUT2D eigenvalue weighted by Crippen LogP contribution is 2.35. The fraction of sp³-hybridized carbons (Fsp3) is 0.0833. The molecule has 4 nitrogen and oxygen atoms in total. The van der Waals surface area contributed by atoms with Gasteiger partial charge in [0.05, 0.1) is 11.3 Å². The van der Waals surface area contributed by atoms with Gasteiger partial charge in [-0.25, -0.2) is 18.1 Å². The zero-order valence-corrected chi connectivity index (χ0v) is 16.7. The smallest absolute Gasteiger partial charge is 0.282 e. The maximum Gasteiger partial charge on any atom is 0.282 e. The van der Waals surface area contributed by atoms with E-state index in [4.69, 9.17) is 0 Å². The second-order valence-corrected chi connectivity index (χ2v) is 7.17. The Morgan fingerprint density at radius 1 is 0.806 bits per heavy atom. The van der Waals surface area contributed by atoms with E-state index in [1.807, 2.05) is 19.9 Å². The van der Waals surface area contributed by atoms with Crippen molar-refractivity contribution in [1.29, 1.82) is 0 Å². The van der Waals surface area contributed by atoms with Crippen molar-refractivity contribution in [3.63, 3.8) is 0 Å². The second kappa shape index (κ2) is 7.75. The highest BCUT2D eigenvalue weighted by molar-refractivity contribution is 6.46. The second-order valence-electron chi connectivity index (χ2n) is 7.17. The summed E-state index contributed by atoms with van der Waals surface area (Å²) in [6.07, 6.45) is 0. The van der Waals surface area contributed by atoms with Gasteiger partial charge in [-0.1, -0.05) is 24.3 Å². The molecule has 4 rings (SSSR count). The van der Waals surface area contributed by atoms with Gasteiger partial charge in [0.2, 0.25) is 0 Å². The number of amides is 2. The summed E-state index contributed by atoms with van der Waals surface area (Å²) in [6.45, 7) is 3.76. The van der Waals surface area contributed by atoms with E-state index < -0.39 is 29.3 Å². The number of halogens is 3. The van der Waals surface area contributed by atoms with Crippen LogP contribution in [0.15, 0.2) is 66.4 Å². The molecule has 0 radical (unpaired) electrons. The zero-order chi connectivity index (χ0) is 22.3. The molecule has 0 atom stereocenters. The molecular formula is C24H17F3N2O2. The molecule has 1 N–H and O–H groups in total. The van der Waals surface area contributed by atoms with Crippen LogP contribution in [0.25, 0.3) is 5.57 Å². The first kappa shape index (κ1) is 20.4. The van der Waals surface area contributed by atoms with Crippen molar-refractivity contribution < 1.29 is 22.8 Å². The lowest BCUT2D eigenvalue weighted by molar-refractivity contribution is -0.120. The number of carbonyl (C=O) groups excluding carboxylic acids is 2. The topological polar surface area (TPSA) is 49.4 Å². The Bertz CT molecular complexity index is 1250. The first-order valence-electron chi connectivity index (χ1n) is 9.45. The van der Waals surface area contributed by atoms with Gasteiger partial charge in [0.1, 0.15) is 23.1 Å². The van der Waals surface area contributed by atoms with E-state index in [0.717, 1.165) is 35.4 Å². The number of imide groups is 1. The summed E-state index contributed by atoms with van der Waals surface area (Å²) in [5.41, 5.74) is 2.24. The maximum atomic E-state index is 14.4. The number of nitrogens with zero attached hydrogens (tertiary/aromatic N) is 1. The van der Waals surface area contributed by atoms with Gasteiger partial charge < -0.3 is 5.32 Å². The lowest BCUT2D eigenvalue weighted by Crippen LogP contribution is -2.33. The molecule has 31 heavy (non-hydrogen) atoms. The van der Waals surface area contributed by atoms with Crippen LogP contribution in [0, 0.1) is 31.3 Å². The number of aryl methyl sites for hydroxylation is 1. The quantitative estimate of drug-likeness (QED) is 0.594. The SMILES string of the molecule is Cc1cccc(NC2=C(c3ccc(F)cc3)C(=O)N(c3ccc(F)cc3F)C2=O)c1C. The van der Waals surface area contributed by atoms with Crippen LogP contribution in [0.2, 0.25) is 0 Å². The molecule has 0 saturated heterocycles. The summed E-state index contributed by atoms with van der Waals surface area (Å²) in [6, 6.07) is 13.1. The summed E-state index contributed by atoms with van der Waals surface area (Å²) in [4.78, 5) is 27.2. The highest BCUT2D eigenvalue weighted by Gasteiger charge is 2.41. The predicted octanol–water partition coefficient (Wildman–Crippen LogP) is 5.12. The molecule has 1 aliphatic rings. The summed E-state index contributed by atoms with van der Waals surface area (Å²) >= 11 is 0. The summed E-state index contributed by atoms with van der Waals surface area (Å²) in [5.74, 6) is -3.98. The number of hydrogen-bond donors (Lipinski definition) is 1. The first-order chi connectivity index (χ1) is 14.8. The zero-order valence-electron chi connectivity index (χ0n) is 16.7. The van der Waals surface area contributed by atoms with Crippen molar-refractivity contribution in [3.05, 3.63) is 101 Å². The molecule has 3 aromatic carbocycles. The van der Waals surface area contributed by atoms with Crippen LogP contribution in [0.4, 0.5) is 24.5 Å². The fourth-order valence-corrected chi connectivity index (χ4v) is 3.43. The Morgan fingerprint density at radius 2 is 1.48 bits per heavy atom. The third-order valence-corrected chi connectivity index (χ3v) is 5.23. The first-order valence-corrected chi connectivity index (χ1v) is 9.45. The number of benzene rings is 3. The molecule has 3 aromatic rings. The molecule has 1 aliphatic heterocycles. The molecule has 0 aromatic heterocycles. The van der Waals surface area contributed by atoms with Gasteiger partial charge in [0.25, 0.3) is 11.8 Å².